The summed E-state index contributed by atoms with van der Waals surface area (Å²) in [6, 6.07) is -0.273. The number of nitrogens with zero attached hydrogens (tertiary/aromatic N) is 1. The van der Waals surface area contributed by atoms with Gasteiger partial charge in [0, 0.05) is 19.0 Å². The van der Waals surface area contributed by atoms with E-state index in [-0.39, 0.29) is 17.9 Å². The van der Waals surface area contributed by atoms with Crippen LogP contribution in [0.2, 0.25) is 0 Å². The van der Waals surface area contributed by atoms with Gasteiger partial charge in [-0.25, -0.2) is 4.79 Å². The molecular formula is C9H14N2O3. The smallest absolute Gasteiger partial charge is 0.324 e. The molecule has 2 aliphatic rings. The minimum Gasteiger partial charge on any atom is -0.378 e. The van der Waals surface area contributed by atoms with Gasteiger partial charge in [0.2, 0.25) is 5.91 Å². The molecule has 1 aliphatic heterocycles. The predicted octanol–water partition coefficient (Wildman–Crippen LogP) is -0.0352. The molecular weight excluding hydrogens is 184 g/mol. The highest BCUT2D eigenvalue weighted by atomic mass is 16.5. The van der Waals surface area contributed by atoms with Crippen molar-refractivity contribution >= 4 is 11.9 Å². The maximum absolute atomic E-state index is 11.5. The van der Waals surface area contributed by atoms with Crippen LogP contribution in [0.4, 0.5) is 4.79 Å². The van der Waals surface area contributed by atoms with Crippen LogP contribution in [0.25, 0.3) is 0 Å². The van der Waals surface area contributed by atoms with E-state index in [0.717, 1.165) is 12.8 Å². The largest absolute Gasteiger partial charge is 0.378 e. The first-order valence-electron chi connectivity index (χ1n) is 4.95. The van der Waals surface area contributed by atoms with Gasteiger partial charge in [0.25, 0.3) is 0 Å². The molecule has 0 radical (unpaired) electrons. The van der Waals surface area contributed by atoms with Crippen LogP contribution in [-0.4, -0.2) is 43.1 Å². The van der Waals surface area contributed by atoms with Gasteiger partial charge in [0.1, 0.15) is 0 Å². The van der Waals surface area contributed by atoms with E-state index in [1.807, 2.05) is 0 Å². The van der Waals surface area contributed by atoms with Crippen LogP contribution in [0.1, 0.15) is 12.8 Å². The first kappa shape index (κ1) is 9.45. The average Bonchev–Trinajstić information content (AvgIpc) is 3.02. The molecule has 5 heteroatoms. The fourth-order valence-electron chi connectivity index (χ4n) is 1.40. The second kappa shape index (κ2) is 3.96. The molecule has 0 spiro atoms. The highest BCUT2D eigenvalue weighted by molar-refractivity contribution is 5.96. The maximum atomic E-state index is 11.5. The minimum absolute atomic E-state index is 0.0833. The van der Waals surface area contributed by atoms with Crippen LogP contribution in [0.15, 0.2) is 0 Å². The van der Waals surface area contributed by atoms with Gasteiger partial charge >= 0.3 is 6.03 Å². The Balaban J connectivity index is 1.78. The molecule has 2 fully saturated rings. The van der Waals surface area contributed by atoms with E-state index < -0.39 is 0 Å². The van der Waals surface area contributed by atoms with Crippen molar-refractivity contribution in [3.63, 3.8) is 0 Å². The van der Waals surface area contributed by atoms with E-state index in [1.165, 1.54) is 0 Å². The highest BCUT2D eigenvalue weighted by Crippen LogP contribution is 2.28. The quantitative estimate of drug-likeness (QED) is 0.643. The maximum Gasteiger partial charge on any atom is 0.324 e. The van der Waals surface area contributed by atoms with Crippen molar-refractivity contribution < 1.29 is 14.3 Å². The lowest BCUT2D eigenvalue weighted by Crippen LogP contribution is -2.48. The second-order valence-corrected chi connectivity index (χ2v) is 3.67. The normalized spacial score (nSPS) is 21.9. The van der Waals surface area contributed by atoms with Gasteiger partial charge in [0.05, 0.1) is 13.2 Å². The molecule has 0 aromatic heterocycles. The first-order valence-corrected chi connectivity index (χ1v) is 4.95. The van der Waals surface area contributed by atoms with Gasteiger partial charge in [-0.05, 0) is 12.8 Å². The molecule has 1 aliphatic carbocycles. The van der Waals surface area contributed by atoms with Gasteiger partial charge in [-0.15, -0.1) is 0 Å². The van der Waals surface area contributed by atoms with Crippen molar-refractivity contribution in [2.75, 3.05) is 26.3 Å². The lowest BCUT2D eigenvalue weighted by atomic mass is 10.4. The number of amides is 3. The summed E-state index contributed by atoms with van der Waals surface area (Å²) in [4.78, 5) is 24.4. The molecule has 0 bridgehead atoms. The van der Waals surface area contributed by atoms with E-state index in [0.29, 0.717) is 26.3 Å². The summed E-state index contributed by atoms with van der Waals surface area (Å²) in [5.74, 6) is -0.0403. The standard InChI is InChI=1S/C9H14N2O3/c12-8(7-1-2-7)10-9(13)11-3-5-14-6-4-11/h7H,1-6H2,(H,10,12,13). The lowest BCUT2D eigenvalue weighted by molar-refractivity contribution is -0.121. The van der Waals surface area contributed by atoms with E-state index in [9.17, 15) is 9.59 Å². The Hall–Kier alpha value is -1.10. The fourth-order valence-corrected chi connectivity index (χ4v) is 1.40. The topological polar surface area (TPSA) is 58.6 Å². The highest BCUT2D eigenvalue weighted by Gasteiger charge is 2.31. The summed E-state index contributed by atoms with van der Waals surface area (Å²) >= 11 is 0. The molecule has 1 heterocycles. The number of hydrogen-bond donors (Lipinski definition) is 1. The van der Waals surface area contributed by atoms with Crippen LogP contribution < -0.4 is 5.32 Å². The summed E-state index contributed by atoms with van der Waals surface area (Å²) in [5, 5.41) is 2.40. The van der Waals surface area contributed by atoms with Crippen molar-refractivity contribution in [2.45, 2.75) is 12.8 Å². The van der Waals surface area contributed by atoms with Crippen molar-refractivity contribution in [3.05, 3.63) is 0 Å². The molecule has 78 valence electrons. The Kier molecular flexibility index (Phi) is 2.67. The first-order chi connectivity index (χ1) is 6.77. The summed E-state index contributed by atoms with van der Waals surface area (Å²) in [7, 11) is 0. The van der Waals surface area contributed by atoms with E-state index in [2.05, 4.69) is 5.32 Å². The van der Waals surface area contributed by atoms with Crippen LogP contribution in [0.5, 0.6) is 0 Å². The Morgan fingerprint density at radius 2 is 1.86 bits per heavy atom. The number of morpholine rings is 1. The van der Waals surface area contributed by atoms with Gasteiger partial charge < -0.3 is 9.64 Å². The molecule has 2 rings (SSSR count). The summed E-state index contributed by atoms with van der Waals surface area (Å²) in [6.07, 6.45) is 1.84. The Bertz CT molecular complexity index is 244. The molecule has 1 saturated carbocycles. The number of rotatable bonds is 1. The van der Waals surface area contributed by atoms with Crippen LogP contribution >= 0.6 is 0 Å². The van der Waals surface area contributed by atoms with E-state index in [1.54, 1.807) is 4.90 Å². The molecule has 0 atom stereocenters. The summed E-state index contributed by atoms with van der Waals surface area (Å²) in [6.45, 7) is 2.27. The van der Waals surface area contributed by atoms with Gasteiger partial charge in [-0.2, -0.15) is 0 Å². The minimum atomic E-state index is -0.273. The number of ether oxygens (including phenoxy) is 1. The van der Waals surface area contributed by atoms with Crippen molar-refractivity contribution in [1.29, 1.82) is 0 Å². The Morgan fingerprint density at radius 3 is 2.43 bits per heavy atom. The second-order valence-electron chi connectivity index (χ2n) is 3.67. The van der Waals surface area contributed by atoms with Gasteiger partial charge in [-0.3, -0.25) is 10.1 Å². The lowest BCUT2D eigenvalue weighted by Gasteiger charge is -2.26. The van der Waals surface area contributed by atoms with E-state index >= 15 is 0 Å². The zero-order valence-corrected chi connectivity index (χ0v) is 7.99. The molecule has 0 unspecified atom stereocenters. The fraction of sp³-hybridized carbons (Fsp3) is 0.778. The number of urea groups is 1. The van der Waals surface area contributed by atoms with E-state index in [4.69, 9.17) is 4.74 Å². The van der Waals surface area contributed by atoms with Crippen LogP contribution in [0.3, 0.4) is 0 Å². The van der Waals surface area contributed by atoms with Crippen molar-refractivity contribution in [1.82, 2.24) is 10.2 Å². The third kappa shape index (κ3) is 2.23. The molecule has 0 aromatic carbocycles. The Morgan fingerprint density at radius 1 is 1.21 bits per heavy atom. The average molecular weight is 198 g/mol. The number of carbonyl (C=O) groups is 2. The third-order valence-electron chi connectivity index (χ3n) is 2.48. The summed E-state index contributed by atoms with van der Waals surface area (Å²) < 4.78 is 5.11. The third-order valence-corrected chi connectivity index (χ3v) is 2.48. The van der Waals surface area contributed by atoms with Crippen LogP contribution in [-0.2, 0) is 9.53 Å². The van der Waals surface area contributed by atoms with Gasteiger partial charge in [0.15, 0.2) is 0 Å². The van der Waals surface area contributed by atoms with Crippen molar-refractivity contribution in [3.8, 4) is 0 Å². The number of carbonyl (C=O) groups excluding carboxylic acids is 2. The molecule has 1 N–H and O–H groups in total. The van der Waals surface area contributed by atoms with Crippen molar-refractivity contribution in [2.24, 2.45) is 5.92 Å². The molecule has 1 saturated heterocycles. The Labute approximate surface area is 82.4 Å². The SMILES string of the molecule is O=C(NC(=O)N1CCOCC1)C1CC1. The number of hydrogen-bond acceptors (Lipinski definition) is 3. The zero-order valence-electron chi connectivity index (χ0n) is 7.99. The van der Waals surface area contributed by atoms with Crippen LogP contribution in [0, 0.1) is 5.92 Å². The van der Waals surface area contributed by atoms with Gasteiger partial charge in [-0.1, -0.05) is 0 Å². The number of imide groups is 1. The monoisotopic (exact) mass is 198 g/mol. The molecule has 3 amide bonds. The molecule has 14 heavy (non-hydrogen) atoms. The molecule has 5 nitrogen and oxygen atoms in total. The molecule has 0 aromatic rings. The zero-order chi connectivity index (χ0) is 9.97. The number of nitrogens with one attached hydrogen (secondary N) is 1. The predicted molar refractivity (Wildman–Crippen MR) is 48.7 cm³/mol. The summed E-state index contributed by atoms with van der Waals surface area (Å²) in [5.41, 5.74) is 0.